The average molecular weight is 416 g/mol. The van der Waals surface area contributed by atoms with Gasteiger partial charge in [-0.05, 0) is 55.7 Å². The van der Waals surface area contributed by atoms with Crippen molar-refractivity contribution < 1.29 is 23.8 Å². The molecule has 1 aromatic heterocycles. The van der Waals surface area contributed by atoms with Crippen molar-refractivity contribution in [1.29, 1.82) is 0 Å². The summed E-state index contributed by atoms with van der Waals surface area (Å²) in [5.41, 5.74) is 0.947. The van der Waals surface area contributed by atoms with Gasteiger partial charge in [0, 0.05) is 24.6 Å². The van der Waals surface area contributed by atoms with Crippen LogP contribution < -0.4 is 16.0 Å². The summed E-state index contributed by atoms with van der Waals surface area (Å²) >= 11 is 0. The van der Waals surface area contributed by atoms with Crippen molar-refractivity contribution in [2.45, 2.75) is 37.5 Å². The van der Waals surface area contributed by atoms with Crippen LogP contribution in [0.2, 0.25) is 0 Å². The Hall–Kier alpha value is -3.04. The number of carbonyl (C=O) groups is 2. The van der Waals surface area contributed by atoms with Gasteiger partial charge in [0.15, 0.2) is 0 Å². The first-order valence-electron chi connectivity index (χ1n) is 9.83. The van der Waals surface area contributed by atoms with Gasteiger partial charge in [0.05, 0.1) is 24.3 Å². The summed E-state index contributed by atoms with van der Waals surface area (Å²) in [5.74, 6) is -0.628. The Kier molecular flexibility index (Phi) is 7.69. The fourth-order valence-corrected chi connectivity index (χ4v) is 3.31. The van der Waals surface area contributed by atoms with Gasteiger partial charge in [0.2, 0.25) is 0 Å². The highest BCUT2D eigenvalue weighted by Crippen LogP contribution is 2.22. The van der Waals surface area contributed by atoms with E-state index in [0.717, 1.165) is 0 Å². The van der Waals surface area contributed by atoms with E-state index in [9.17, 15) is 19.1 Å². The second kappa shape index (κ2) is 10.7. The molecular weight excluding hydrogens is 391 g/mol. The van der Waals surface area contributed by atoms with Crippen LogP contribution >= 0.6 is 0 Å². The number of benzene rings is 1. The van der Waals surface area contributed by atoms with Crippen molar-refractivity contribution in [3.8, 4) is 0 Å². The molecule has 1 saturated heterocycles. The lowest BCUT2D eigenvalue weighted by atomic mass is 9.97. The van der Waals surface area contributed by atoms with E-state index in [1.807, 2.05) is 0 Å². The first-order chi connectivity index (χ1) is 14.5. The molecule has 160 valence electrons. The lowest BCUT2D eigenvalue weighted by Crippen LogP contribution is -2.51. The predicted molar refractivity (Wildman–Crippen MR) is 109 cm³/mol. The van der Waals surface area contributed by atoms with E-state index in [1.165, 1.54) is 30.5 Å². The molecule has 4 N–H and O–H groups in total. The second-order valence-electron chi connectivity index (χ2n) is 7.05. The van der Waals surface area contributed by atoms with E-state index >= 15 is 0 Å². The fraction of sp³-hybridized carbons (Fsp3) is 0.381. The van der Waals surface area contributed by atoms with Crippen molar-refractivity contribution in [1.82, 2.24) is 15.6 Å². The zero-order valence-corrected chi connectivity index (χ0v) is 16.4. The van der Waals surface area contributed by atoms with Crippen molar-refractivity contribution >= 4 is 17.6 Å². The standard InChI is InChI=1S/C21H25FN4O4/c22-15-3-5-16(6-4-15)25-21(29)24-11-9-17-7-8-18(19(13-27)30-17)26-20(28)14-2-1-10-23-12-14/h1-6,10,12,17-19,27H,7-9,11,13H2,(H,26,28)(H2,24,25,29)/t17-,18+,19-/m1/s1. The third-order valence-corrected chi connectivity index (χ3v) is 4.89. The van der Waals surface area contributed by atoms with Crippen LogP contribution in [0.4, 0.5) is 14.9 Å². The van der Waals surface area contributed by atoms with E-state index in [4.69, 9.17) is 4.74 Å². The summed E-state index contributed by atoms with van der Waals surface area (Å²) in [5, 5.41) is 17.9. The summed E-state index contributed by atoms with van der Waals surface area (Å²) in [7, 11) is 0. The molecule has 0 aliphatic carbocycles. The zero-order chi connectivity index (χ0) is 21.3. The maximum Gasteiger partial charge on any atom is 0.319 e. The van der Waals surface area contributed by atoms with E-state index in [0.29, 0.717) is 37.1 Å². The van der Waals surface area contributed by atoms with Crippen LogP contribution in [-0.4, -0.2) is 53.4 Å². The molecule has 8 nitrogen and oxygen atoms in total. The first-order valence-corrected chi connectivity index (χ1v) is 9.83. The first kappa shape index (κ1) is 21.7. The quantitative estimate of drug-likeness (QED) is 0.552. The maximum absolute atomic E-state index is 12.9. The molecule has 2 heterocycles. The summed E-state index contributed by atoms with van der Waals surface area (Å²) in [6.45, 7) is 0.162. The molecule has 0 bridgehead atoms. The highest BCUT2D eigenvalue weighted by molar-refractivity contribution is 5.94. The fourth-order valence-electron chi connectivity index (χ4n) is 3.31. The van der Waals surface area contributed by atoms with Crippen LogP contribution in [0.1, 0.15) is 29.6 Å². The number of urea groups is 1. The third kappa shape index (κ3) is 6.23. The van der Waals surface area contributed by atoms with Crippen LogP contribution in [-0.2, 0) is 4.74 Å². The molecule has 0 radical (unpaired) electrons. The Labute approximate surface area is 173 Å². The molecule has 0 spiro atoms. The van der Waals surface area contributed by atoms with Gasteiger partial charge in [0.25, 0.3) is 5.91 Å². The molecule has 3 amide bonds. The Morgan fingerprint density at radius 1 is 1.20 bits per heavy atom. The van der Waals surface area contributed by atoms with Crippen LogP contribution in [0.5, 0.6) is 0 Å². The number of aliphatic hydroxyl groups excluding tert-OH is 1. The number of carbonyl (C=O) groups excluding carboxylic acids is 2. The molecule has 0 unspecified atom stereocenters. The normalized spacial score (nSPS) is 20.9. The van der Waals surface area contributed by atoms with Gasteiger partial charge in [-0.25, -0.2) is 9.18 Å². The van der Waals surface area contributed by atoms with E-state index in [-0.39, 0.29) is 30.5 Å². The average Bonchev–Trinajstić information content (AvgIpc) is 2.77. The lowest BCUT2D eigenvalue weighted by Gasteiger charge is -2.36. The Morgan fingerprint density at radius 3 is 2.70 bits per heavy atom. The summed E-state index contributed by atoms with van der Waals surface area (Å²) in [6, 6.07) is 8.16. The number of aromatic nitrogens is 1. The van der Waals surface area contributed by atoms with Crippen LogP contribution in [0.3, 0.4) is 0 Å². The van der Waals surface area contributed by atoms with Gasteiger partial charge in [-0.3, -0.25) is 9.78 Å². The molecule has 3 atom stereocenters. The molecule has 0 saturated carbocycles. The molecular formula is C21H25FN4O4. The minimum absolute atomic E-state index is 0.139. The number of amides is 3. The van der Waals surface area contributed by atoms with Gasteiger partial charge >= 0.3 is 6.03 Å². The molecule has 1 fully saturated rings. The Morgan fingerprint density at radius 2 is 2.00 bits per heavy atom. The smallest absolute Gasteiger partial charge is 0.319 e. The summed E-state index contributed by atoms with van der Waals surface area (Å²) in [4.78, 5) is 28.2. The monoisotopic (exact) mass is 416 g/mol. The van der Waals surface area contributed by atoms with Crippen molar-refractivity contribution in [3.63, 3.8) is 0 Å². The summed E-state index contributed by atoms with van der Waals surface area (Å²) in [6.07, 6.45) is 4.33. The number of nitrogens with one attached hydrogen (secondary N) is 3. The van der Waals surface area contributed by atoms with E-state index in [1.54, 1.807) is 18.3 Å². The van der Waals surface area contributed by atoms with Crippen molar-refractivity contribution in [2.75, 3.05) is 18.5 Å². The van der Waals surface area contributed by atoms with Gasteiger partial charge < -0.3 is 25.8 Å². The maximum atomic E-state index is 12.9. The number of pyridine rings is 1. The summed E-state index contributed by atoms with van der Waals surface area (Å²) < 4.78 is 18.8. The van der Waals surface area contributed by atoms with Gasteiger partial charge in [-0.15, -0.1) is 0 Å². The van der Waals surface area contributed by atoms with E-state index < -0.39 is 12.1 Å². The highest BCUT2D eigenvalue weighted by Gasteiger charge is 2.32. The van der Waals surface area contributed by atoms with Gasteiger partial charge in [-0.2, -0.15) is 0 Å². The minimum Gasteiger partial charge on any atom is -0.394 e. The molecule has 1 aromatic carbocycles. The van der Waals surface area contributed by atoms with E-state index in [2.05, 4.69) is 20.9 Å². The molecule has 2 aromatic rings. The number of hydrogen-bond donors (Lipinski definition) is 4. The number of hydrogen-bond acceptors (Lipinski definition) is 5. The molecule has 1 aliphatic rings. The molecule has 1 aliphatic heterocycles. The third-order valence-electron chi connectivity index (χ3n) is 4.89. The number of anilines is 1. The predicted octanol–water partition coefficient (Wildman–Crippen LogP) is 2.07. The Balaban J connectivity index is 1.40. The largest absolute Gasteiger partial charge is 0.394 e. The number of halogens is 1. The van der Waals surface area contributed by atoms with Crippen LogP contribution in [0.25, 0.3) is 0 Å². The van der Waals surface area contributed by atoms with Crippen LogP contribution in [0, 0.1) is 5.82 Å². The minimum atomic E-state index is -0.516. The number of aliphatic hydroxyl groups is 1. The van der Waals surface area contributed by atoms with Gasteiger partial charge in [0.1, 0.15) is 11.9 Å². The zero-order valence-electron chi connectivity index (χ0n) is 16.4. The SMILES string of the molecule is O=C(NCC[C@H]1CC[C@H](NC(=O)c2cccnc2)[C@@H](CO)O1)Nc1ccc(F)cc1. The molecule has 3 rings (SSSR count). The van der Waals surface area contributed by atoms with Gasteiger partial charge in [-0.1, -0.05) is 0 Å². The van der Waals surface area contributed by atoms with Crippen molar-refractivity contribution in [3.05, 3.63) is 60.2 Å². The number of nitrogens with zero attached hydrogens (tertiary/aromatic N) is 1. The lowest BCUT2D eigenvalue weighted by molar-refractivity contribution is -0.0892. The van der Waals surface area contributed by atoms with Crippen molar-refractivity contribution in [2.24, 2.45) is 0 Å². The van der Waals surface area contributed by atoms with Crippen LogP contribution in [0.15, 0.2) is 48.8 Å². The highest BCUT2D eigenvalue weighted by atomic mass is 19.1. The Bertz CT molecular complexity index is 835. The molecule has 9 heteroatoms. The number of ether oxygens (including phenoxy) is 1. The second-order valence-corrected chi connectivity index (χ2v) is 7.05. The topological polar surface area (TPSA) is 113 Å². The molecule has 30 heavy (non-hydrogen) atoms. The number of rotatable bonds is 7.